The van der Waals surface area contributed by atoms with Crippen LogP contribution in [0.3, 0.4) is 0 Å². The normalized spacial score (nSPS) is 19.8. The van der Waals surface area contributed by atoms with Crippen molar-refractivity contribution in [1.29, 1.82) is 0 Å². The first-order valence-corrected chi connectivity index (χ1v) is 7.53. The lowest BCUT2D eigenvalue weighted by atomic mass is 10.2. The Morgan fingerprint density at radius 1 is 1.52 bits per heavy atom. The Morgan fingerprint density at radius 3 is 3.00 bits per heavy atom. The lowest BCUT2D eigenvalue weighted by Gasteiger charge is -2.24. The average Bonchev–Trinajstić information content (AvgIpc) is 2.53. The summed E-state index contributed by atoms with van der Waals surface area (Å²) in [5.74, 6) is 0.795. The van der Waals surface area contributed by atoms with Crippen molar-refractivity contribution >= 4 is 5.91 Å². The van der Waals surface area contributed by atoms with Crippen LogP contribution >= 0.6 is 0 Å². The number of para-hydroxylation sites is 1. The van der Waals surface area contributed by atoms with Crippen LogP contribution in [0.5, 0.6) is 5.75 Å². The quantitative estimate of drug-likeness (QED) is 0.828. The lowest BCUT2D eigenvalue weighted by molar-refractivity contribution is -0.134. The van der Waals surface area contributed by atoms with Crippen LogP contribution in [0.2, 0.25) is 0 Å². The number of rotatable bonds is 6. The summed E-state index contributed by atoms with van der Waals surface area (Å²) >= 11 is 0. The zero-order valence-electron chi connectivity index (χ0n) is 12.7. The molecular formula is C16H24N2O3. The summed E-state index contributed by atoms with van der Waals surface area (Å²) < 4.78 is 11.4. The van der Waals surface area contributed by atoms with Gasteiger partial charge in [0.25, 0.3) is 5.91 Å². The van der Waals surface area contributed by atoms with Crippen molar-refractivity contribution in [2.75, 3.05) is 26.2 Å². The van der Waals surface area contributed by atoms with E-state index in [1.165, 1.54) is 0 Å². The molecule has 2 unspecified atom stereocenters. The first-order valence-electron chi connectivity index (χ1n) is 7.53. The number of nitrogens with one attached hydrogen (secondary N) is 2. The van der Waals surface area contributed by atoms with Crippen LogP contribution in [-0.4, -0.2) is 44.4 Å². The van der Waals surface area contributed by atoms with E-state index in [-0.39, 0.29) is 12.0 Å². The maximum Gasteiger partial charge on any atom is 0.250 e. The largest absolute Gasteiger partial charge is 0.488 e. The SMILES string of the molecule is CCC(CNC(=O)C1CNCCO1)Oc1ccccc1C. The molecule has 21 heavy (non-hydrogen) atoms. The second-order valence-electron chi connectivity index (χ2n) is 5.22. The molecule has 0 saturated carbocycles. The van der Waals surface area contributed by atoms with E-state index < -0.39 is 6.10 Å². The van der Waals surface area contributed by atoms with Gasteiger partial charge in [0.2, 0.25) is 0 Å². The van der Waals surface area contributed by atoms with Gasteiger partial charge in [0.1, 0.15) is 18.0 Å². The summed E-state index contributed by atoms with van der Waals surface area (Å²) in [5, 5.41) is 6.06. The maximum atomic E-state index is 12.0. The van der Waals surface area contributed by atoms with Crippen molar-refractivity contribution in [3.63, 3.8) is 0 Å². The maximum absolute atomic E-state index is 12.0. The van der Waals surface area contributed by atoms with E-state index in [4.69, 9.17) is 9.47 Å². The molecule has 5 nitrogen and oxygen atoms in total. The van der Waals surface area contributed by atoms with Crippen LogP contribution in [0, 0.1) is 6.92 Å². The summed E-state index contributed by atoms with van der Waals surface area (Å²) in [6, 6.07) is 7.91. The first-order chi connectivity index (χ1) is 10.2. The molecule has 1 aromatic carbocycles. The minimum atomic E-state index is -0.394. The van der Waals surface area contributed by atoms with E-state index in [9.17, 15) is 4.79 Å². The molecule has 1 saturated heterocycles. The van der Waals surface area contributed by atoms with Gasteiger partial charge in [-0.3, -0.25) is 4.79 Å². The number of hydrogen-bond acceptors (Lipinski definition) is 4. The molecule has 116 valence electrons. The average molecular weight is 292 g/mol. The zero-order valence-corrected chi connectivity index (χ0v) is 12.7. The van der Waals surface area contributed by atoms with Gasteiger partial charge in [0.05, 0.1) is 13.2 Å². The summed E-state index contributed by atoms with van der Waals surface area (Å²) in [5.41, 5.74) is 1.10. The van der Waals surface area contributed by atoms with Crippen LogP contribution in [0.1, 0.15) is 18.9 Å². The highest BCUT2D eigenvalue weighted by molar-refractivity contribution is 5.81. The molecule has 2 rings (SSSR count). The number of morpholine rings is 1. The highest BCUT2D eigenvalue weighted by Gasteiger charge is 2.22. The molecule has 1 amide bonds. The van der Waals surface area contributed by atoms with Gasteiger partial charge in [-0.05, 0) is 25.0 Å². The summed E-state index contributed by atoms with van der Waals surface area (Å²) in [6.45, 7) is 6.51. The molecule has 2 atom stereocenters. The fourth-order valence-electron chi connectivity index (χ4n) is 2.20. The number of benzene rings is 1. The Labute approximate surface area is 126 Å². The minimum absolute atomic E-state index is 0.0356. The van der Waals surface area contributed by atoms with Gasteiger partial charge in [0, 0.05) is 13.1 Å². The van der Waals surface area contributed by atoms with Crippen molar-refractivity contribution in [3.8, 4) is 5.75 Å². The number of carbonyl (C=O) groups is 1. The number of carbonyl (C=O) groups excluding carboxylic acids is 1. The highest BCUT2D eigenvalue weighted by Crippen LogP contribution is 2.18. The Morgan fingerprint density at radius 2 is 2.33 bits per heavy atom. The summed E-state index contributed by atoms with van der Waals surface area (Å²) in [4.78, 5) is 12.0. The van der Waals surface area contributed by atoms with Gasteiger partial charge in [-0.2, -0.15) is 0 Å². The Kier molecular flexibility index (Phi) is 6.02. The predicted molar refractivity (Wildman–Crippen MR) is 81.5 cm³/mol. The van der Waals surface area contributed by atoms with Crippen molar-refractivity contribution in [1.82, 2.24) is 10.6 Å². The van der Waals surface area contributed by atoms with E-state index in [0.29, 0.717) is 19.7 Å². The molecule has 1 aliphatic rings. The van der Waals surface area contributed by atoms with Gasteiger partial charge in [-0.25, -0.2) is 0 Å². The topological polar surface area (TPSA) is 59.6 Å². The van der Waals surface area contributed by atoms with E-state index in [0.717, 1.165) is 24.3 Å². The lowest BCUT2D eigenvalue weighted by Crippen LogP contribution is -2.49. The number of hydrogen-bond donors (Lipinski definition) is 2. The van der Waals surface area contributed by atoms with Crippen LogP contribution in [0.25, 0.3) is 0 Å². The number of amides is 1. The first kappa shape index (κ1) is 15.8. The monoisotopic (exact) mass is 292 g/mol. The van der Waals surface area contributed by atoms with Crippen molar-refractivity contribution in [2.45, 2.75) is 32.5 Å². The van der Waals surface area contributed by atoms with Crippen molar-refractivity contribution in [3.05, 3.63) is 29.8 Å². The third-order valence-corrected chi connectivity index (χ3v) is 3.57. The van der Waals surface area contributed by atoms with Gasteiger partial charge in [-0.1, -0.05) is 25.1 Å². The fraction of sp³-hybridized carbons (Fsp3) is 0.562. The zero-order chi connectivity index (χ0) is 15.1. The van der Waals surface area contributed by atoms with Crippen molar-refractivity contribution < 1.29 is 14.3 Å². The molecule has 1 heterocycles. The van der Waals surface area contributed by atoms with Crippen LogP contribution < -0.4 is 15.4 Å². The van der Waals surface area contributed by atoms with Gasteiger partial charge < -0.3 is 20.1 Å². The number of ether oxygens (including phenoxy) is 2. The van der Waals surface area contributed by atoms with E-state index in [1.807, 2.05) is 38.1 Å². The highest BCUT2D eigenvalue weighted by atomic mass is 16.5. The van der Waals surface area contributed by atoms with Gasteiger partial charge in [-0.15, -0.1) is 0 Å². The van der Waals surface area contributed by atoms with Crippen LogP contribution in [0.4, 0.5) is 0 Å². The third kappa shape index (κ3) is 4.72. The Bertz CT molecular complexity index is 459. The molecule has 1 fully saturated rings. The summed E-state index contributed by atoms with van der Waals surface area (Å²) in [6.07, 6.45) is 0.402. The molecule has 0 aromatic heterocycles. The smallest absolute Gasteiger partial charge is 0.250 e. The van der Waals surface area contributed by atoms with Crippen LogP contribution in [-0.2, 0) is 9.53 Å². The fourth-order valence-corrected chi connectivity index (χ4v) is 2.20. The number of aryl methyl sites for hydroxylation is 1. The van der Waals surface area contributed by atoms with E-state index in [2.05, 4.69) is 10.6 Å². The second-order valence-corrected chi connectivity index (χ2v) is 5.22. The molecule has 0 aliphatic carbocycles. The molecule has 5 heteroatoms. The third-order valence-electron chi connectivity index (χ3n) is 3.57. The van der Waals surface area contributed by atoms with Gasteiger partial charge >= 0.3 is 0 Å². The standard InChI is InChI=1S/C16H24N2O3/c1-3-13(21-14-7-5-4-6-12(14)2)10-18-16(19)15-11-17-8-9-20-15/h4-7,13,15,17H,3,8-11H2,1-2H3,(H,18,19). The van der Waals surface area contributed by atoms with E-state index >= 15 is 0 Å². The molecule has 0 bridgehead atoms. The molecule has 1 aliphatic heterocycles. The summed E-state index contributed by atoms with van der Waals surface area (Å²) in [7, 11) is 0. The van der Waals surface area contributed by atoms with Crippen molar-refractivity contribution in [2.24, 2.45) is 0 Å². The van der Waals surface area contributed by atoms with E-state index in [1.54, 1.807) is 0 Å². The molecule has 1 aromatic rings. The predicted octanol–water partition coefficient (Wildman–Crippen LogP) is 1.26. The molecule has 2 N–H and O–H groups in total. The second kappa shape index (κ2) is 8.00. The Balaban J connectivity index is 1.82. The van der Waals surface area contributed by atoms with Gasteiger partial charge in [0.15, 0.2) is 0 Å². The Hall–Kier alpha value is -1.59. The molecule has 0 spiro atoms. The minimum Gasteiger partial charge on any atom is -0.488 e. The molecular weight excluding hydrogens is 268 g/mol. The molecule has 0 radical (unpaired) electrons. The van der Waals surface area contributed by atoms with Crippen LogP contribution in [0.15, 0.2) is 24.3 Å².